The molecule has 0 aliphatic carbocycles. The zero-order chi connectivity index (χ0) is 10.1. The summed E-state index contributed by atoms with van der Waals surface area (Å²) in [6, 6.07) is 6.05. The third-order valence-corrected chi connectivity index (χ3v) is 2.49. The predicted octanol–water partition coefficient (Wildman–Crippen LogP) is 2.86. The van der Waals surface area contributed by atoms with Crippen LogP contribution in [-0.2, 0) is 0 Å². The Morgan fingerprint density at radius 3 is 2.50 bits per heavy atom. The molecule has 14 heavy (non-hydrogen) atoms. The molecule has 1 heterocycles. The zero-order valence-electron chi connectivity index (χ0n) is 8.66. The van der Waals surface area contributed by atoms with Crippen LogP contribution in [0.4, 0.5) is 0 Å². The maximum absolute atomic E-state index is 5.27. The van der Waals surface area contributed by atoms with Crippen molar-refractivity contribution in [1.82, 2.24) is 4.98 Å². The quantitative estimate of drug-likeness (QED) is 0.684. The molecule has 0 aliphatic rings. The van der Waals surface area contributed by atoms with Gasteiger partial charge in [0.2, 0.25) is 0 Å². The first kappa shape index (κ1) is 9.00. The smallest absolute Gasteiger partial charge is 0.145 e. The molecule has 2 aromatic rings. The van der Waals surface area contributed by atoms with Crippen LogP contribution in [0.15, 0.2) is 24.4 Å². The van der Waals surface area contributed by atoms with Crippen molar-refractivity contribution in [2.45, 2.75) is 13.8 Å². The van der Waals surface area contributed by atoms with Crippen LogP contribution in [0.2, 0.25) is 0 Å². The highest BCUT2D eigenvalue weighted by Crippen LogP contribution is 2.28. The maximum Gasteiger partial charge on any atom is 0.145 e. The zero-order valence-corrected chi connectivity index (χ0v) is 8.66. The fourth-order valence-corrected chi connectivity index (χ4v) is 1.77. The number of fused-ring (bicyclic) bond motifs is 1. The predicted molar refractivity (Wildman–Crippen MR) is 57.8 cm³/mol. The number of hydrogen-bond acceptors (Lipinski definition) is 2. The summed E-state index contributed by atoms with van der Waals surface area (Å²) in [5.74, 6) is 0.842. The highest BCUT2D eigenvalue weighted by Gasteiger charge is 2.06. The third-order valence-electron chi connectivity index (χ3n) is 2.49. The van der Waals surface area contributed by atoms with Gasteiger partial charge >= 0.3 is 0 Å². The minimum absolute atomic E-state index is 0.842. The van der Waals surface area contributed by atoms with E-state index in [9.17, 15) is 0 Å². The van der Waals surface area contributed by atoms with Crippen molar-refractivity contribution in [2.75, 3.05) is 7.11 Å². The lowest BCUT2D eigenvalue weighted by atomic mass is 10.0. The molecule has 2 rings (SSSR count). The van der Waals surface area contributed by atoms with Gasteiger partial charge in [-0.3, -0.25) is 4.98 Å². The van der Waals surface area contributed by atoms with Crippen molar-refractivity contribution in [1.29, 1.82) is 0 Å². The summed E-state index contributed by atoms with van der Waals surface area (Å²) in [6.07, 6.45) is 1.82. The minimum Gasteiger partial charge on any atom is -0.494 e. The maximum atomic E-state index is 5.27. The van der Waals surface area contributed by atoms with Crippen LogP contribution >= 0.6 is 0 Å². The van der Waals surface area contributed by atoms with E-state index in [-0.39, 0.29) is 0 Å². The number of hydrogen-bond donors (Lipinski definition) is 0. The summed E-state index contributed by atoms with van der Waals surface area (Å²) in [7, 11) is 1.67. The normalized spacial score (nSPS) is 10.5. The van der Waals surface area contributed by atoms with E-state index < -0.39 is 0 Å². The van der Waals surface area contributed by atoms with Crippen molar-refractivity contribution in [3.63, 3.8) is 0 Å². The van der Waals surface area contributed by atoms with Crippen LogP contribution in [0.5, 0.6) is 5.75 Å². The Balaban J connectivity index is 2.91. The Hall–Kier alpha value is -1.57. The van der Waals surface area contributed by atoms with E-state index in [1.165, 1.54) is 16.5 Å². The molecule has 1 aromatic heterocycles. The van der Waals surface area contributed by atoms with Gasteiger partial charge < -0.3 is 4.74 Å². The topological polar surface area (TPSA) is 22.1 Å². The van der Waals surface area contributed by atoms with Crippen molar-refractivity contribution < 1.29 is 4.74 Å². The first-order valence-electron chi connectivity index (χ1n) is 4.63. The Morgan fingerprint density at radius 1 is 1.07 bits per heavy atom. The molecular formula is C12H13NO. The molecule has 0 saturated carbocycles. The Morgan fingerprint density at radius 2 is 1.79 bits per heavy atom. The Kier molecular flexibility index (Phi) is 2.12. The Labute approximate surface area is 83.5 Å². The molecule has 0 N–H and O–H groups in total. The second kappa shape index (κ2) is 3.29. The van der Waals surface area contributed by atoms with Gasteiger partial charge in [0, 0.05) is 11.6 Å². The van der Waals surface area contributed by atoms with E-state index >= 15 is 0 Å². The monoisotopic (exact) mass is 187 g/mol. The molecule has 1 aromatic carbocycles. The number of nitrogens with zero attached hydrogens (tertiary/aromatic N) is 1. The van der Waals surface area contributed by atoms with Crippen LogP contribution < -0.4 is 4.74 Å². The van der Waals surface area contributed by atoms with Gasteiger partial charge in [-0.05, 0) is 37.1 Å². The van der Waals surface area contributed by atoms with E-state index in [4.69, 9.17) is 4.74 Å². The van der Waals surface area contributed by atoms with Gasteiger partial charge in [0.05, 0.1) is 7.11 Å². The first-order valence-corrected chi connectivity index (χ1v) is 4.63. The summed E-state index contributed by atoms with van der Waals surface area (Å²) in [5, 5.41) is 1.20. The van der Waals surface area contributed by atoms with Crippen LogP contribution in [-0.4, -0.2) is 12.1 Å². The van der Waals surface area contributed by atoms with Gasteiger partial charge in [-0.15, -0.1) is 0 Å². The van der Waals surface area contributed by atoms with E-state index in [0.29, 0.717) is 0 Å². The number of aryl methyl sites for hydroxylation is 2. The highest BCUT2D eigenvalue weighted by molar-refractivity contribution is 5.89. The van der Waals surface area contributed by atoms with Gasteiger partial charge in [0.25, 0.3) is 0 Å². The van der Waals surface area contributed by atoms with Crippen molar-refractivity contribution >= 4 is 10.9 Å². The molecule has 0 amide bonds. The van der Waals surface area contributed by atoms with E-state index in [1.54, 1.807) is 7.11 Å². The molecular weight excluding hydrogens is 174 g/mol. The molecule has 2 nitrogen and oxygen atoms in total. The van der Waals surface area contributed by atoms with Gasteiger partial charge in [0.15, 0.2) is 0 Å². The van der Waals surface area contributed by atoms with Crippen LogP contribution in [0.3, 0.4) is 0 Å². The summed E-state index contributed by atoms with van der Waals surface area (Å²) in [4.78, 5) is 4.35. The lowest BCUT2D eigenvalue weighted by Gasteiger charge is -2.08. The van der Waals surface area contributed by atoms with E-state index in [2.05, 4.69) is 24.9 Å². The van der Waals surface area contributed by atoms with Crippen LogP contribution in [0.25, 0.3) is 10.9 Å². The van der Waals surface area contributed by atoms with Crippen molar-refractivity contribution in [2.24, 2.45) is 0 Å². The molecule has 0 atom stereocenters. The number of aromatic nitrogens is 1. The lowest BCUT2D eigenvalue weighted by molar-refractivity contribution is 0.419. The second-order valence-corrected chi connectivity index (χ2v) is 3.44. The molecule has 0 radical (unpaired) electrons. The Bertz CT molecular complexity index is 469. The average Bonchev–Trinajstić information content (AvgIpc) is 2.18. The molecule has 0 bridgehead atoms. The van der Waals surface area contributed by atoms with Gasteiger partial charge in [-0.1, -0.05) is 6.07 Å². The number of methoxy groups -OCH3 is 1. The fourth-order valence-electron chi connectivity index (χ4n) is 1.77. The molecule has 2 heteroatoms. The van der Waals surface area contributed by atoms with Crippen LogP contribution in [0, 0.1) is 13.8 Å². The SMILES string of the molecule is COc1ccc(C)c2c(C)ccnc12. The molecule has 0 saturated heterocycles. The number of pyridine rings is 1. The molecule has 72 valence electrons. The molecule has 0 aliphatic heterocycles. The van der Waals surface area contributed by atoms with E-state index in [1.807, 2.05) is 18.3 Å². The van der Waals surface area contributed by atoms with Crippen molar-refractivity contribution in [3.05, 3.63) is 35.5 Å². The largest absolute Gasteiger partial charge is 0.494 e. The number of rotatable bonds is 1. The summed E-state index contributed by atoms with van der Waals surface area (Å²) >= 11 is 0. The molecule has 0 unspecified atom stereocenters. The summed E-state index contributed by atoms with van der Waals surface area (Å²) < 4.78 is 5.27. The molecule has 0 fully saturated rings. The van der Waals surface area contributed by atoms with E-state index in [0.717, 1.165) is 11.3 Å². The third kappa shape index (κ3) is 1.23. The van der Waals surface area contributed by atoms with Gasteiger partial charge in [-0.25, -0.2) is 0 Å². The molecule has 0 spiro atoms. The summed E-state index contributed by atoms with van der Waals surface area (Å²) in [6.45, 7) is 4.19. The van der Waals surface area contributed by atoms with Gasteiger partial charge in [-0.2, -0.15) is 0 Å². The number of ether oxygens (including phenoxy) is 1. The standard InChI is InChI=1S/C12H13NO/c1-8-4-5-10(14-3)12-11(8)9(2)6-7-13-12/h4-7H,1-3H3. The first-order chi connectivity index (χ1) is 6.74. The van der Waals surface area contributed by atoms with Crippen LogP contribution in [0.1, 0.15) is 11.1 Å². The highest BCUT2D eigenvalue weighted by atomic mass is 16.5. The van der Waals surface area contributed by atoms with Gasteiger partial charge in [0.1, 0.15) is 11.3 Å². The fraction of sp³-hybridized carbons (Fsp3) is 0.250. The minimum atomic E-state index is 0.842. The lowest BCUT2D eigenvalue weighted by Crippen LogP contribution is -1.91. The average molecular weight is 187 g/mol. The van der Waals surface area contributed by atoms with Crippen molar-refractivity contribution in [3.8, 4) is 5.75 Å². The summed E-state index contributed by atoms with van der Waals surface area (Å²) in [5.41, 5.74) is 3.44. The second-order valence-electron chi connectivity index (χ2n) is 3.44. The number of benzene rings is 1.